The van der Waals surface area contributed by atoms with Crippen LogP contribution in [-0.4, -0.2) is 30.6 Å². The van der Waals surface area contributed by atoms with E-state index in [1.165, 1.54) is 51.7 Å². The average Bonchev–Trinajstić information content (AvgIpc) is 2.18. The molecule has 1 unspecified atom stereocenters. The smallest absolute Gasteiger partial charge is 0.00631 e. The Bertz CT molecular complexity index is 139. The minimum absolute atomic E-state index is 0.470. The highest BCUT2D eigenvalue weighted by atomic mass is 15.1. The van der Waals surface area contributed by atoms with Crippen LogP contribution in [0.3, 0.4) is 0 Å². The van der Waals surface area contributed by atoms with E-state index in [2.05, 4.69) is 18.7 Å². The van der Waals surface area contributed by atoms with Gasteiger partial charge in [-0.05, 0) is 38.3 Å². The van der Waals surface area contributed by atoms with Crippen molar-refractivity contribution >= 4 is 0 Å². The summed E-state index contributed by atoms with van der Waals surface area (Å²) in [4.78, 5) is 2.59. The Morgan fingerprint density at radius 2 is 2.00 bits per heavy atom. The first-order valence-corrected chi connectivity index (χ1v) is 6.20. The van der Waals surface area contributed by atoms with Crippen LogP contribution in [0, 0.1) is 5.92 Å². The van der Waals surface area contributed by atoms with E-state index in [1.54, 1.807) is 0 Å². The fourth-order valence-electron chi connectivity index (χ4n) is 2.22. The molecule has 1 saturated heterocycles. The van der Waals surface area contributed by atoms with Crippen LogP contribution < -0.4 is 5.73 Å². The summed E-state index contributed by atoms with van der Waals surface area (Å²) in [5.74, 6) is 0.865. The van der Waals surface area contributed by atoms with E-state index in [0.717, 1.165) is 5.92 Å². The number of nitrogens with two attached hydrogens (primary N) is 1. The molecule has 0 amide bonds. The van der Waals surface area contributed by atoms with E-state index in [-0.39, 0.29) is 0 Å². The van der Waals surface area contributed by atoms with Crippen LogP contribution in [0.2, 0.25) is 0 Å². The third-order valence-corrected chi connectivity index (χ3v) is 3.25. The largest absolute Gasteiger partial charge is 0.328 e. The van der Waals surface area contributed by atoms with E-state index in [0.29, 0.717) is 6.04 Å². The third-order valence-electron chi connectivity index (χ3n) is 3.25. The van der Waals surface area contributed by atoms with Crippen LogP contribution in [0.25, 0.3) is 0 Å². The van der Waals surface area contributed by atoms with Gasteiger partial charge in [0.1, 0.15) is 0 Å². The zero-order valence-corrected chi connectivity index (χ0v) is 9.84. The Balaban J connectivity index is 2.10. The van der Waals surface area contributed by atoms with Gasteiger partial charge in [-0.25, -0.2) is 0 Å². The molecule has 0 spiro atoms. The van der Waals surface area contributed by atoms with Gasteiger partial charge in [-0.3, -0.25) is 0 Å². The first-order chi connectivity index (χ1) is 6.72. The van der Waals surface area contributed by atoms with Gasteiger partial charge < -0.3 is 10.6 Å². The number of piperidine rings is 1. The van der Waals surface area contributed by atoms with Crippen LogP contribution in [0.15, 0.2) is 0 Å². The molecule has 1 rings (SSSR count). The summed E-state index contributed by atoms with van der Waals surface area (Å²) in [5.41, 5.74) is 5.88. The Labute approximate surface area is 88.8 Å². The summed E-state index contributed by atoms with van der Waals surface area (Å²) in [6, 6.07) is 0.470. The van der Waals surface area contributed by atoms with Gasteiger partial charge in [0.2, 0.25) is 0 Å². The second-order valence-electron chi connectivity index (χ2n) is 4.89. The fourth-order valence-corrected chi connectivity index (χ4v) is 2.22. The molecular weight excluding hydrogens is 172 g/mol. The van der Waals surface area contributed by atoms with E-state index >= 15 is 0 Å². The third kappa shape index (κ3) is 4.43. The van der Waals surface area contributed by atoms with Crippen molar-refractivity contribution in [3.05, 3.63) is 0 Å². The molecule has 1 aliphatic heterocycles. The van der Waals surface area contributed by atoms with Crippen molar-refractivity contribution in [3.8, 4) is 0 Å². The van der Waals surface area contributed by atoms with Crippen LogP contribution in [0.4, 0.5) is 0 Å². The summed E-state index contributed by atoms with van der Waals surface area (Å²) >= 11 is 0. The van der Waals surface area contributed by atoms with E-state index in [1.807, 2.05) is 0 Å². The molecule has 0 aromatic carbocycles. The van der Waals surface area contributed by atoms with Crippen molar-refractivity contribution in [3.63, 3.8) is 0 Å². The number of likely N-dealkylation sites (tertiary alicyclic amines) is 1. The van der Waals surface area contributed by atoms with Crippen molar-refractivity contribution in [1.82, 2.24) is 4.90 Å². The summed E-state index contributed by atoms with van der Waals surface area (Å²) < 4.78 is 0. The molecule has 0 saturated carbocycles. The van der Waals surface area contributed by atoms with Crippen molar-refractivity contribution in [2.24, 2.45) is 11.7 Å². The minimum atomic E-state index is 0.470. The highest BCUT2D eigenvalue weighted by molar-refractivity contribution is 4.75. The van der Waals surface area contributed by atoms with E-state index < -0.39 is 0 Å². The van der Waals surface area contributed by atoms with Crippen LogP contribution >= 0.6 is 0 Å². The van der Waals surface area contributed by atoms with Gasteiger partial charge in [-0.15, -0.1) is 0 Å². The molecule has 14 heavy (non-hydrogen) atoms. The second-order valence-corrected chi connectivity index (χ2v) is 4.89. The number of hydrogen-bond donors (Lipinski definition) is 1. The van der Waals surface area contributed by atoms with Crippen LogP contribution in [-0.2, 0) is 0 Å². The molecule has 0 bridgehead atoms. The lowest BCUT2D eigenvalue weighted by Gasteiger charge is -2.32. The maximum Gasteiger partial charge on any atom is 0.00631 e. The maximum absolute atomic E-state index is 5.88. The molecular formula is C12H26N2. The molecule has 84 valence electrons. The van der Waals surface area contributed by atoms with E-state index in [9.17, 15) is 0 Å². The maximum atomic E-state index is 5.88. The Morgan fingerprint density at radius 3 is 2.57 bits per heavy atom. The Kier molecular flexibility index (Phi) is 5.49. The van der Waals surface area contributed by atoms with Gasteiger partial charge in [-0.1, -0.05) is 26.7 Å². The van der Waals surface area contributed by atoms with Crippen molar-refractivity contribution < 1.29 is 0 Å². The second kappa shape index (κ2) is 6.41. The van der Waals surface area contributed by atoms with Crippen molar-refractivity contribution in [2.45, 2.75) is 52.0 Å². The summed E-state index contributed by atoms with van der Waals surface area (Å²) in [6.07, 6.45) is 6.49. The SMILES string of the molecule is CCCCC(C)CN1CCC(N)CC1. The predicted molar refractivity (Wildman–Crippen MR) is 62.3 cm³/mol. The van der Waals surface area contributed by atoms with Gasteiger partial charge in [0.15, 0.2) is 0 Å². The molecule has 1 atom stereocenters. The molecule has 1 fully saturated rings. The number of rotatable bonds is 5. The first-order valence-electron chi connectivity index (χ1n) is 6.20. The normalized spacial score (nSPS) is 22.5. The van der Waals surface area contributed by atoms with Crippen molar-refractivity contribution in [1.29, 1.82) is 0 Å². The lowest BCUT2D eigenvalue weighted by molar-refractivity contribution is 0.184. The molecule has 2 N–H and O–H groups in total. The van der Waals surface area contributed by atoms with Gasteiger partial charge in [0, 0.05) is 12.6 Å². The van der Waals surface area contributed by atoms with E-state index in [4.69, 9.17) is 5.73 Å². The highest BCUT2D eigenvalue weighted by Crippen LogP contribution is 2.14. The zero-order valence-electron chi connectivity index (χ0n) is 9.84. The predicted octanol–water partition coefficient (Wildman–Crippen LogP) is 2.24. The average molecular weight is 198 g/mol. The molecule has 0 aliphatic carbocycles. The quantitative estimate of drug-likeness (QED) is 0.734. The Hall–Kier alpha value is -0.0800. The molecule has 0 aromatic rings. The molecule has 0 aromatic heterocycles. The first kappa shape index (κ1) is 12.0. The van der Waals surface area contributed by atoms with Crippen LogP contribution in [0.1, 0.15) is 46.0 Å². The molecule has 1 heterocycles. The number of nitrogens with zero attached hydrogens (tertiary/aromatic N) is 1. The highest BCUT2D eigenvalue weighted by Gasteiger charge is 2.17. The summed E-state index contributed by atoms with van der Waals surface area (Å²) in [7, 11) is 0. The number of hydrogen-bond acceptors (Lipinski definition) is 2. The lowest BCUT2D eigenvalue weighted by atomic mass is 10.0. The van der Waals surface area contributed by atoms with Gasteiger partial charge in [0.25, 0.3) is 0 Å². The van der Waals surface area contributed by atoms with Crippen LogP contribution in [0.5, 0.6) is 0 Å². The van der Waals surface area contributed by atoms with Crippen molar-refractivity contribution in [2.75, 3.05) is 19.6 Å². The monoisotopic (exact) mass is 198 g/mol. The number of unbranched alkanes of at least 4 members (excludes halogenated alkanes) is 1. The standard InChI is InChI=1S/C12H26N2/c1-3-4-5-11(2)10-14-8-6-12(13)7-9-14/h11-12H,3-10,13H2,1-2H3. The van der Waals surface area contributed by atoms with Gasteiger partial charge >= 0.3 is 0 Å². The lowest BCUT2D eigenvalue weighted by Crippen LogP contribution is -2.41. The molecule has 0 radical (unpaired) electrons. The zero-order chi connectivity index (χ0) is 10.4. The fraction of sp³-hybridized carbons (Fsp3) is 1.00. The van der Waals surface area contributed by atoms with Gasteiger partial charge in [0.05, 0.1) is 0 Å². The molecule has 2 nitrogen and oxygen atoms in total. The summed E-state index contributed by atoms with van der Waals surface area (Å²) in [5, 5.41) is 0. The Morgan fingerprint density at radius 1 is 1.36 bits per heavy atom. The topological polar surface area (TPSA) is 29.3 Å². The summed E-state index contributed by atoms with van der Waals surface area (Å²) in [6.45, 7) is 8.37. The minimum Gasteiger partial charge on any atom is -0.328 e. The molecule has 1 aliphatic rings. The van der Waals surface area contributed by atoms with Gasteiger partial charge in [-0.2, -0.15) is 0 Å². The molecule has 2 heteroatoms.